The highest BCUT2D eigenvalue weighted by Gasteiger charge is 2.35. The van der Waals surface area contributed by atoms with Crippen molar-refractivity contribution in [3.8, 4) is 5.75 Å². The number of ether oxygens (including phenoxy) is 2. The van der Waals surface area contributed by atoms with Crippen molar-refractivity contribution >= 4 is 16.8 Å². The summed E-state index contributed by atoms with van der Waals surface area (Å²) in [6.07, 6.45) is 0.107. The molecule has 0 aliphatic heterocycles. The predicted molar refractivity (Wildman–Crippen MR) is 104 cm³/mol. The number of fused-ring (bicyclic) bond motifs is 1. The zero-order valence-corrected chi connectivity index (χ0v) is 15.9. The molecular weight excluding hydrogens is 385 g/mol. The minimum absolute atomic E-state index is 0.262. The molecule has 152 valence electrons. The van der Waals surface area contributed by atoms with Crippen LogP contribution in [0.25, 0.3) is 16.8 Å². The second-order valence-corrected chi connectivity index (χ2v) is 6.29. The highest BCUT2D eigenvalue weighted by atomic mass is 19.3. The number of halogens is 3. The summed E-state index contributed by atoms with van der Waals surface area (Å²) >= 11 is 0. The molecule has 0 saturated carbocycles. The zero-order chi connectivity index (χ0) is 21.0. The molecule has 1 aromatic heterocycles. The normalized spacial score (nSPS) is 12.0. The van der Waals surface area contributed by atoms with Crippen molar-refractivity contribution in [3.05, 3.63) is 81.7 Å². The fraction of sp³-hybridized carbons (Fsp3) is 0.227. The Bertz CT molecular complexity index is 1090. The van der Waals surface area contributed by atoms with Gasteiger partial charge in [-0.05, 0) is 35.2 Å². The molecule has 7 heteroatoms. The molecule has 0 fully saturated rings. The minimum atomic E-state index is -3.80. The average Bonchev–Trinajstić information content (AvgIpc) is 2.70. The molecule has 0 bridgehead atoms. The Hall–Kier alpha value is -3.06. The van der Waals surface area contributed by atoms with Gasteiger partial charge < -0.3 is 13.9 Å². The maximum Gasteiger partial charge on any atom is 0.426 e. The minimum Gasteiger partial charge on any atom is -0.427 e. The highest BCUT2D eigenvalue weighted by molar-refractivity contribution is 5.83. The van der Waals surface area contributed by atoms with Crippen LogP contribution in [0.1, 0.15) is 23.8 Å². The van der Waals surface area contributed by atoms with Crippen LogP contribution in [0.3, 0.4) is 0 Å². The van der Waals surface area contributed by atoms with Crippen molar-refractivity contribution in [3.63, 3.8) is 0 Å². The van der Waals surface area contributed by atoms with E-state index in [2.05, 4.69) is 4.74 Å². The Kier molecular flexibility index (Phi) is 6.08. The van der Waals surface area contributed by atoms with E-state index in [-0.39, 0.29) is 5.39 Å². The van der Waals surface area contributed by atoms with E-state index in [1.165, 1.54) is 36.4 Å². The lowest BCUT2D eigenvalue weighted by Gasteiger charge is -2.19. The van der Waals surface area contributed by atoms with Crippen molar-refractivity contribution in [1.29, 1.82) is 0 Å². The van der Waals surface area contributed by atoms with Gasteiger partial charge in [-0.3, -0.25) is 0 Å². The first-order valence-corrected chi connectivity index (χ1v) is 8.93. The van der Waals surface area contributed by atoms with Crippen molar-refractivity contribution in [2.24, 2.45) is 0 Å². The van der Waals surface area contributed by atoms with Gasteiger partial charge in [0.25, 0.3) is 0 Å². The molecule has 3 aromatic rings. The van der Waals surface area contributed by atoms with Gasteiger partial charge in [0.05, 0.1) is 12.2 Å². The number of methoxy groups -OCH3 is 1. The lowest BCUT2D eigenvalue weighted by molar-refractivity contribution is -0.186. The topological polar surface area (TPSA) is 48.7 Å². The summed E-state index contributed by atoms with van der Waals surface area (Å²) in [5.74, 6) is -1.54. The predicted octanol–water partition coefficient (Wildman–Crippen LogP) is 5.28. The summed E-state index contributed by atoms with van der Waals surface area (Å²) in [6.45, 7) is 2.17. The Morgan fingerprint density at radius 3 is 2.52 bits per heavy atom. The van der Waals surface area contributed by atoms with Crippen molar-refractivity contribution in [1.82, 2.24) is 0 Å². The third-order valence-electron chi connectivity index (χ3n) is 4.29. The molecule has 0 amide bonds. The van der Waals surface area contributed by atoms with E-state index in [9.17, 15) is 18.0 Å². The van der Waals surface area contributed by atoms with Crippen LogP contribution >= 0.6 is 0 Å². The second kappa shape index (κ2) is 8.53. The molecular formula is C22H19F3O4. The van der Waals surface area contributed by atoms with E-state index in [1.54, 1.807) is 26.2 Å². The van der Waals surface area contributed by atoms with Gasteiger partial charge in [-0.2, -0.15) is 8.78 Å². The summed E-state index contributed by atoms with van der Waals surface area (Å²) in [5.41, 5.74) is -0.685. The van der Waals surface area contributed by atoms with E-state index in [0.717, 1.165) is 6.07 Å². The van der Waals surface area contributed by atoms with Gasteiger partial charge in [-0.1, -0.05) is 37.3 Å². The molecule has 3 rings (SSSR count). The molecule has 0 unspecified atom stereocenters. The van der Waals surface area contributed by atoms with E-state index in [0.29, 0.717) is 24.4 Å². The molecule has 0 saturated heterocycles. The number of hydrogen-bond donors (Lipinski definition) is 0. The fourth-order valence-electron chi connectivity index (χ4n) is 2.79. The average molecular weight is 404 g/mol. The number of aryl methyl sites for hydroxylation is 1. The van der Waals surface area contributed by atoms with E-state index >= 15 is 0 Å². The smallest absolute Gasteiger partial charge is 0.426 e. The summed E-state index contributed by atoms with van der Waals surface area (Å²) in [5, 5.41) is -0.160. The number of hydrogen-bond acceptors (Lipinski definition) is 4. The standard InChI is InChI=1S/C22H19F3O4/c1-3-17-13-15-8-11-18(20(23)19(15)21(26)28-17)29-22(24,25)16-9-6-14(7-10-16)5-4-12-27-2/h4-11,13H,3,12H2,1-2H3/b5-4+. The van der Waals surface area contributed by atoms with Gasteiger partial charge >= 0.3 is 11.7 Å². The van der Waals surface area contributed by atoms with Crippen molar-refractivity contribution in [2.75, 3.05) is 13.7 Å². The van der Waals surface area contributed by atoms with Crippen LogP contribution in [0, 0.1) is 5.82 Å². The fourth-order valence-corrected chi connectivity index (χ4v) is 2.79. The van der Waals surface area contributed by atoms with Crippen LogP contribution in [0.2, 0.25) is 0 Å². The monoisotopic (exact) mass is 404 g/mol. The molecule has 0 aliphatic carbocycles. The SMILES string of the molecule is CCc1cc2ccc(OC(F)(F)c3ccc(/C=C/COC)cc3)c(F)c2c(=O)o1. The largest absolute Gasteiger partial charge is 0.427 e. The Morgan fingerprint density at radius 1 is 1.14 bits per heavy atom. The lowest BCUT2D eigenvalue weighted by Crippen LogP contribution is -2.22. The van der Waals surface area contributed by atoms with E-state index in [4.69, 9.17) is 9.15 Å². The van der Waals surface area contributed by atoms with Crippen LogP contribution in [-0.4, -0.2) is 13.7 Å². The Morgan fingerprint density at radius 2 is 1.86 bits per heavy atom. The molecule has 1 heterocycles. The summed E-state index contributed by atoms with van der Waals surface area (Å²) < 4.78 is 58.3. The molecule has 0 aliphatic rings. The number of rotatable bonds is 7. The molecule has 2 aromatic carbocycles. The Labute approximate surface area is 165 Å². The first-order chi connectivity index (χ1) is 13.9. The van der Waals surface area contributed by atoms with E-state index < -0.39 is 34.3 Å². The Balaban J connectivity index is 1.90. The van der Waals surface area contributed by atoms with Gasteiger partial charge in [0, 0.05) is 13.5 Å². The third-order valence-corrected chi connectivity index (χ3v) is 4.29. The van der Waals surface area contributed by atoms with Crippen LogP contribution in [-0.2, 0) is 17.3 Å². The van der Waals surface area contributed by atoms with Crippen LogP contribution in [0.15, 0.2) is 57.8 Å². The van der Waals surface area contributed by atoms with Gasteiger partial charge in [0.1, 0.15) is 11.1 Å². The second-order valence-electron chi connectivity index (χ2n) is 6.29. The summed E-state index contributed by atoms with van der Waals surface area (Å²) in [4.78, 5) is 12.0. The molecule has 0 radical (unpaired) electrons. The maximum absolute atomic E-state index is 14.7. The first kappa shape index (κ1) is 20.7. The van der Waals surface area contributed by atoms with Crippen LogP contribution < -0.4 is 10.4 Å². The summed E-state index contributed by atoms with van der Waals surface area (Å²) in [6, 6.07) is 9.26. The van der Waals surface area contributed by atoms with Gasteiger partial charge in [-0.25, -0.2) is 9.18 Å². The maximum atomic E-state index is 14.7. The molecule has 4 nitrogen and oxygen atoms in total. The first-order valence-electron chi connectivity index (χ1n) is 8.93. The van der Waals surface area contributed by atoms with Crippen LogP contribution in [0.5, 0.6) is 5.75 Å². The van der Waals surface area contributed by atoms with Gasteiger partial charge in [0.2, 0.25) is 0 Å². The summed E-state index contributed by atoms with van der Waals surface area (Å²) in [7, 11) is 1.55. The highest BCUT2D eigenvalue weighted by Crippen LogP contribution is 2.35. The quantitative estimate of drug-likeness (QED) is 0.537. The third kappa shape index (κ3) is 4.51. The van der Waals surface area contributed by atoms with E-state index in [1.807, 2.05) is 0 Å². The number of alkyl halides is 2. The molecule has 0 N–H and O–H groups in total. The van der Waals surface area contributed by atoms with Crippen molar-refractivity contribution < 1.29 is 27.1 Å². The molecule has 0 spiro atoms. The molecule has 29 heavy (non-hydrogen) atoms. The van der Waals surface area contributed by atoms with Crippen LogP contribution in [0.4, 0.5) is 13.2 Å². The van der Waals surface area contributed by atoms with Crippen molar-refractivity contribution in [2.45, 2.75) is 19.5 Å². The molecule has 0 atom stereocenters. The van der Waals surface area contributed by atoms with Gasteiger partial charge in [0.15, 0.2) is 11.6 Å². The number of benzene rings is 2. The lowest BCUT2D eigenvalue weighted by atomic mass is 10.1. The zero-order valence-electron chi connectivity index (χ0n) is 15.9. The van der Waals surface area contributed by atoms with Gasteiger partial charge in [-0.15, -0.1) is 0 Å².